The van der Waals surface area contributed by atoms with Crippen molar-refractivity contribution in [2.45, 2.75) is 12.7 Å². The average molecular weight is 304 g/mol. The van der Waals surface area contributed by atoms with E-state index in [2.05, 4.69) is 15.3 Å². The molecule has 0 radical (unpaired) electrons. The molecular formula is C12H9ClF3N3O. The van der Waals surface area contributed by atoms with Crippen LogP contribution in [0.2, 0.25) is 5.02 Å². The number of nitrogens with one attached hydrogen (secondary N) is 2. The van der Waals surface area contributed by atoms with Crippen LogP contribution in [-0.2, 0) is 12.7 Å². The third-order valence-electron chi connectivity index (χ3n) is 2.51. The molecule has 0 amide bonds. The maximum absolute atomic E-state index is 12.5. The maximum atomic E-state index is 12.5. The van der Waals surface area contributed by atoms with E-state index in [0.29, 0.717) is 5.56 Å². The Morgan fingerprint density at radius 2 is 2.10 bits per heavy atom. The molecule has 0 aliphatic heterocycles. The quantitative estimate of drug-likeness (QED) is 0.916. The highest BCUT2D eigenvalue weighted by molar-refractivity contribution is 6.32. The zero-order valence-electron chi connectivity index (χ0n) is 9.96. The predicted molar refractivity (Wildman–Crippen MR) is 68.6 cm³/mol. The van der Waals surface area contributed by atoms with Gasteiger partial charge in [-0.2, -0.15) is 13.2 Å². The van der Waals surface area contributed by atoms with Crippen molar-refractivity contribution in [2.75, 3.05) is 5.32 Å². The minimum Gasteiger partial charge on any atom is -0.365 e. The Bertz CT molecular complexity index is 669. The number of aromatic amines is 1. The van der Waals surface area contributed by atoms with Gasteiger partial charge in [0, 0.05) is 6.54 Å². The van der Waals surface area contributed by atoms with Crippen molar-refractivity contribution in [1.29, 1.82) is 0 Å². The van der Waals surface area contributed by atoms with Crippen LogP contribution in [0.3, 0.4) is 0 Å². The lowest BCUT2D eigenvalue weighted by molar-refractivity contribution is -0.137. The molecule has 0 unspecified atom stereocenters. The van der Waals surface area contributed by atoms with Gasteiger partial charge in [0.2, 0.25) is 0 Å². The van der Waals surface area contributed by atoms with E-state index < -0.39 is 17.3 Å². The number of alkyl halides is 3. The molecule has 0 saturated carbocycles. The number of anilines is 1. The Hall–Kier alpha value is -2.02. The molecule has 1 heterocycles. The number of aromatic nitrogens is 2. The molecule has 1 aromatic carbocycles. The highest BCUT2D eigenvalue weighted by atomic mass is 35.5. The summed E-state index contributed by atoms with van der Waals surface area (Å²) in [5.41, 5.74) is -0.854. The van der Waals surface area contributed by atoms with E-state index in [1.807, 2.05) is 0 Å². The standard InChI is InChI=1S/C12H9ClF3N3O/c13-9-10(18-6-19-11(9)20)17-5-7-2-1-3-8(4-7)12(14,15)16/h1-4,6H,5H2,(H2,17,18,19,20). The first-order chi connectivity index (χ1) is 9.38. The van der Waals surface area contributed by atoms with Gasteiger partial charge in [-0.1, -0.05) is 23.7 Å². The van der Waals surface area contributed by atoms with Crippen molar-refractivity contribution in [1.82, 2.24) is 9.97 Å². The molecule has 0 fully saturated rings. The molecule has 0 saturated heterocycles. The molecule has 2 N–H and O–H groups in total. The van der Waals surface area contributed by atoms with Gasteiger partial charge in [0.1, 0.15) is 5.02 Å². The number of hydrogen-bond acceptors (Lipinski definition) is 3. The summed E-state index contributed by atoms with van der Waals surface area (Å²) < 4.78 is 37.6. The second-order valence-corrected chi connectivity index (χ2v) is 4.32. The first-order valence-electron chi connectivity index (χ1n) is 5.51. The van der Waals surface area contributed by atoms with Gasteiger partial charge in [0.05, 0.1) is 11.9 Å². The van der Waals surface area contributed by atoms with Gasteiger partial charge >= 0.3 is 6.18 Å². The Morgan fingerprint density at radius 3 is 2.80 bits per heavy atom. The smallest absolute Gasteiger partial charge is 0.365 e. The van der Waals surface area contributed by atoms with E-state index in [4.69, 9.17) is 11.6 Å². The highest BCUT2D eigenvalue weighted by Gasteiger charge is 2.30. The van der Waals surface area contributed by atoms with Crippen LogP contribution in [-0.4, -0.2) is 9.97 Å². The van der Waals surface area contributed by atoms with Gasteiger partial charge in [0.25, 0.3) is 5.56 Å². The molecule has 106 valence electrons. The van der Waals surface area contributed by atoms with Crippen LogP contribution < -0.4 is 10.9 Å². The fourth-order valence-electron chi connectivity index (χ4n) is 1.55. The van der Waals surface area contributed by atoms with Gasteiger partial charge in [-0.05, 0) is 17.7 Å². The number of rotatable bonds is 3. The Kier molecular flexibility index (Phi) is 3.99. The largest absolute Gasteiger partial charge is 0.416 e. The van der Waals surface area contributed by atoms with Crippen LogP contribution in [0.15, 0.2) is 35.4 Å². The highest BCUT2D eigenvalue weighted by Crippen LogP contribution is 2.29. The molecule has 20 heavy (non-hydrogen) atoms. The maximum Gasteiger partial charge on any atom is 0.416 e. The summed E-state index contributed by atoms with van der Waals surface area (Å²) in [7, 11) is 0. The van der Waals surface area contributed by atoms with Crippen molar-refractivity contribution in [2.24, 2.45) is 0 Å². The minimum absolute atomic E-state index is 0.0695. The Morgan fingerprint density at radius 1 is 1.35 bits per heavy atom. The number of nitrogens with zero attached hydrogens (tertiary/aromatic N) is 1. The first kappa shape index (κ1) is 14.4. The topological polar surface area (TPSA) is 57.8 Å². The van der Waals surface area contributed by atoms with Gasteiger partial charge in [-0.25, -0.2) is 4.98 Å². The number of halogens is 4. The number of hydrogen-bond donors (Lipinski definition) is 2. The summed E-state index contributed by atoms with van der Waals surface area (Å²) in [6.45, 7) is 0.0695. The van der Waals surface area contributed by atoms with E-state index >= 15 is 0 Å². The van der Waals surface area contributed by atoms with E-state index in [1.54, 1.807) is 0 Å². The summed E-state index contributed by atoms with van der Waals surface area (Å²) in [5, 5.41) is 2.58. The Balaban J connectivity index is 2.15. The second kappa shape index (κ2) is 5.54. The van der Waals surface area contributed by atoms with E-state index in [-0.39, 0.29) is 17.4 Å². The summed E-state index contributed by atoms with van der Waals surface area (Å²) in [6.07, 6.45) is -3.24. The van der Waals surface area contributed by atoms with Gasteiger partial charge in [0.15, 0.2) is 5.82 Å². The molecule has 1 aromatic heterocycles. The first-order valence-corrected chi connectivity index (χ1v) is 5.89. The summed E-state index contributed by atoms with van der Waals surface area (Å²) in [4.78, 5) is 17.3. The second-order valence-electron chi connectivity index (χ2n) is 3.95. The third-order valence-corrected chi connectivity index (χ3v) is 2.86. The lowest BCUT2D eigenvalue weighted by Gasteiger charge is -2.10. The van der Waals surface area contributed by atoms with Crippen molar-refractivity contribution >= 4 is 17.4 Å². The summed E-state index contributed by atoms with van der Waals surface area (Å²) >= 11 is 5.71. The molecular weight excluding hydrogens is 295 g/mol. The fourth-order valence-corrected chi connectivity index (χ4v) is 1.72. The normalized spacial score (nSPS) is 11.4. The van der Waals surface area contributed by atoms with Crippen LogP contribution in [0.4, 0.5) is 19.0 Å². The molecule has 0 aliphatic rings. The lowest BCUT2D eigenvalue weighted by Crippen LogP contribution is -2.12. The minimum atomic E-state index is -4.39. The van der Waals surface area contributed by atoms with E-state index in [1.165, 1.54) is 12.1 Å². The SMILES string of the molecule is O=c1[nH]cnc(NCc2cccc(C(F)(F)F)c2)c1Cl. The fraction of sp³-hybridized carbons (Fsp3) is 0.167. The zero-order valence-corrected chi connectivity index (χ0v) is 10.7. The summed E-state index contributed by atoms with van der Waals surface area (Å²) in [5.74, 6) is 0.118. The van der Waals surface area contributed by atoms with Crippen molar-refractivity contribution in [3.8, 4) is 0 Å². The monoisotopic (exact) mass is 303 g/mol. The molecule has 0 bridgehead atoms. The Labute approximate surface area is 116 Å². The van der Waals surface area contributed by atoms with Crippen LogP contribution in [0.25, 0.3) is 0 Å². The molecule has 8 heteroatoms. The molecule has 0 aliphatic carbocycles. The van der Waals surface area contributed by atoms with Crippen LogP contribution in [0, 0.1) is 0 Å². The van der Waals surface area contributed by atoms with Gasteiger partial charge in [-0.15, -0.1) is 0 Å². The van der Waals surface area contributed by atoms with Gasteiger partial charge < -0.3 is 10.3 Å². The molecule has 0 atom stereocenters. The zero-order chi connectivity index (χ0) is 14.8. The third kappa shape index (κ3) is 3.30. The molecule has 2 rings (SSSR count). The number of benzene rings is 1. The van der Waals surface area contributed by atoms with E-state index in [0.717, 1.165) is 18.5 Å². The average Bonchev–Trinajstić information content (AvgIpc) is 2.40. The van der Waals surface area contributed by atoms with Crippen LogP contribution >= 0.6 is 11.6 Å². The van der Waals surface area contributed by atoms with E-state index in [9.17, 15) is 18.0 Å². The van der Waals surface area contributed by atoms with Crippen molar-refractivity contribution in [3.63, 3.8) is 0 Å². The molecule has 4 nitrogen and oxygen atoms in total. The lowest BCUT2D eigenvalue weighted by atomic mass is 10.1. The number of H-pyrrole nitrogens is 1. The van der Waals surface area contributed by atoms with Crippen LogP contribution in [0.5, 0.6) is 0 Å². The summed E-state index contributed by atoms with van der Waals surface area (Å²) in [6, 6.07) is 4.85. The van der Waals surface area contributed by atoms with Crippen molar-refractivity contribution in [3.05, 3.63) is 57.1 Å². The van der Waals surface area contributed by atoms with Crippen LogP contribution in [0.1, 0.15) is 11.1 Å². The van der Waals surface area contributed by atoms with Gasteiger partial charge in [-0.3, -0.25) is 4.79 Å². The molecule has 0 spiro atoms. The predicted octanol–water partition coefficient (Wildman–Crippen LogP) is 3.05. The molecule has 2 aromatic rings. The van der Waals surface area contributed by atoms with Crippen molar-refractivity contribution < 1.29 is 13.2 Å².